The fraction of sp³-hybridized carbons (Fsp3) is 0.689. The van der Waals surface area contributed by atoms with E-state index < -0.39 is 75.7 Å². The predicted molar refractivity (Wildman–Crippen MR) is 230 cm³/mol. The molecule has 0 aromatic carbocycles. The topological polar surface area (TPSA) is 210 Å². The van der Waals surface area contributed by atoms with E-state index in [1.165, 1.54) is 19.3 Å². The quantitative estimate of drug-likeness (QED) is 0.0157. The van der Waals surface area contributed by atoms with Gasteiger partial charge in [0, 0.05) is 12.8 Å². The van der Waals surface area contributed by atoms with Crippen LogP contribution in [0.2, 0.25) is 0 Å². The van der Waals surface area contributed by atoms with Gasteiger partial charge in [-0.3, -0.25) is 18.6 Å². The lowest BCUT2D eigenvalue weighted by Gasteiger charge is -2.41. The largest absolute Gasteiger partial charge is 0.472 e. The highest BCUT2D eigenvalue weighted by Crippen LogP contribution is 2.47. The number of carbonyl (C=O) groups is 2. The molecule has 1 fully saturated rings. The van der Waals surface area contributed by atoms with Crippen LogP contribution in [0.4, 0.5) is 0 Å². The van der Waals surface area contributed by atoms with Gasteiger partial charge >= 0.3 is 19.8 Å². The second-order valence-electron chi connectivity index (χ2n) is 14.8. The number of aliphatic hydroxyl groups is 5. The molecule has 0 bridgehead atoms. The van der Waals surface area contributed by atoms with Gasteiger partial charge in [-0.25, -0.2) is 4.57 Å². The van der Waals surface area contributed by atoms with E-state index in [0.717, 1.165) is 83.5 Å². The van der Waals surface area contributed by atoms with Gasteiger partial charge in [0.25, 0.3) is 0 Å². The van der Waals surface area contributed by atoms with Crippen molar-refractivity contribution in [2.45, 2.75) is 185 Å². The Kier molecular flexibility index (Phi) is 32.2. The van der Waals surface area contributed by atoms with Gasteiger partial charge in [0.2, 0.25) is 0 Å². The van der Waals surface area contributed by atoms with Crippen LogP contribution in [0.15, 0.2) is 72.9 Å². The molecule has 0 aromatic rings. The van der Waals surface area contributed by atoms with Crippen LogP contribution in [-0.4, -0.2) is 98.3 Å². The van der Waals surface area contributed by atoms with Gasteiger partial charge in [0.05, 0.1) is 6.61 Å². The Morgan fingerprint density at radius 1 is 0.542 bits per heavy atom. The molecule has 59 heavy (non-hydrogen) atoms. The third kappa shape index (κ3) is 27.7. The van der Waals surface area contributed by atoms with E-state index in [1.54, 1.807) is 0 Å². The molecule has 338 valence electrons. The maximum atomic E-state index is 12.8. The standard InChI is InChI=1S/C45H75O13P/c1-3-5-7-9-11-13-15-17-19-21-23-25-27-29-31-33-38(46)55-35-37(36-56-59(53,54)58-45-43(51)41(49)40(48)42(50)44(45)52)57-39(47)34-32-30-28-26-24-22-20-18-16-14-12-10-8-6-4-2/h6,8,11-14,17-20,23,25,37,40-45,48-52H,3-5,7,9-10,15-16,21-22,24,26-36H2,1-2H3,(H,53,54)/b8-6+,13-11+,14-12+,19-17+,20-18+,25-23+/t37-,40?,41-,42?,43?,44?,45?/m1/s1. The summed E-state index contributed by atoms with van der Waals surface area (Å²) in [6.45, 7) is 3.08. The normalized spacial score (nSPS) is 23.1. The van der Waals surface area contributed by atoms with E-state index in [-0.39, 0.29) is 12.8 Å². The number of rotatable bonds is 34. The summed E-state index contributed by atoms with van der Waals surface area (Å²) < 4.78 is 33.4. The average molecular weight is 855 g/mol. The van der Waals surface area contributed by atoms with Crippen LogP contribution >= 0.6 is 7.82 Å². The van der Waals surface area contributed by atoms with Crippen molar-refractivity contribution in [1.29, 1.82) is 0 Å². The number of esters is 2. The van der Waals surface area contributed by atoms with Crippen molar-refractivity contribution < 1.29 is 63.1 Å². The summed E-state index contributed by atoms with van der Waals surface area (Å²) in [5, 5.41) is 50.1. The summed E-state index contributed by atoms with van der Waals surface area (Å²) in [7, 11) is -5.13. The highest BCUT2D eigenvalue weighted by atomic mass is 31.2. The van der Waals surface area contributed by atoms with Crippen LogP contribution in [0.5, 0.6) is 0 Å². The van der Waals surface area contributed by atoms with Crippen LogP contribution in [0.3, 0.4) is 0 Å². The fourth-order valence-corrected chi connectivity index (χ4v) is 6.98. The number of aliphatic hydroxyl groups excluding tert-OH is 5. The molecule has 1 aliphatic carbocycles. The second-order valence-corrected chi connectivity index (χ2v) is 16.2. The van der Waals surface area contributed by atoms with E-state index in [9.17, 15) is 44.6 Å². The Morgan fingerprint density at radius 2 is 0.966 bits per heavy atom. The summed E-state index contributed by atoms with van der Waals surface area (Å²) in [5.74, 6) is -1.17. The van der Waals surface area contributed by atoms with Crippen LogP contribution in [-0.2, 0) is 32.7 Å². The Labute approximate surface area is 353 Å². The molecule has 6 unspecified atom stereocenters. The summed E-state index contributed by atoms with van der Waals surface area (Å²) >= 11 is 0. The first-order chi connectivity index (χ1) is 28.4. The number of phosphoric ester groups is 1. The molecule has 14 heteroatoms. The molecule has 0 radical (unpaired) electrons. The number of hydrogen-bond acceptors (Lipinski definition) is 12. The molecule has 0 aromatic heterocycles. The Morgan fingerprint density at radius 3 is 1.51 bits per heavy atom. The predicted octanol–water partition coefficient (Wildman–Crippen LogP) is 7.94. The molecule has 0 amide bonds. The lowest BCUT2D eigenvalue weighted by Crippen LogP contribution is -2.64. The van der Waals surface area contributed by atoms with E-state index in [0.29, 0.717) is 12.8 Å². The number of phosphoric acid groups is 1. The minimum Gasteiger partial charge on any atom is -0.462 e. The summed E-state index contributed by atoms with van der Waals surface area (Å²) in [5.41, 5.74) is 0. The van der Waals surface area contributed by atoms with Gasteiger partial charge in [0.15, 0.2) is 6.10 Å². The number of allylic oxidation sites excluding steroid dienone is 12. The molecule has 13 nitrogen and oxygen atoms in total. The number of carbonyl (C=O) groups excluding carboxylic acids is 2. The lowest BCUT2D eigenvalue weighted by atomic mass is 9.85. The average Bonchev–Trinajstić information content (AvgIpc) is 3.21. The molecule has 0 saturated heterocycles. The lowest BCUT2D eigenvalue weighted by molar-refractivity contribution is -0.220. The molecule has 0 heterocycles. The molecular weight excluding hydrogens is 779 g/mol. The first-order valence-electron chi connectivity index (χ1n) is 21.7. The molecule has 6 N–H and O–H groups in total. The van der Waals surface area contributed by atoms with Gasteiger partial charge < -0.3 is 39.9 Å². The van der Waals surface area contributed by atoms with Gasteiger partial charge in [-0.05, 0) is 83.5 Å². The molecule has 8 atom stereocenters. The van der Waals surface area contributed by atoms with Crippen molar-refractivity contribution in [2.75, 3.05) is 13.2 Å². The van der Waals surface area contributed by atoms with E-state index in [2.05, 4.69) is 86.8 Å². The fourth-order valence-electron chi connectivity index (χ4n) is 6.01. The number of ether oxygens (including phenoxy) is 2. The maximum absolute atomic E-state index is 12.8. The van der Waals surface area contributed by atoms with Crippen molar-refractivity contribution in [3.8, 4) is 0 Å². The second kappa shape index (κ2) is 34.9. The van der Waals surface area contributed by atoms with Gasteiger partial charge in [-0.15, -0.1) is 0 Å². The zero-order chi connectivity index (χ0) is 43.6. The Balaban J connectivity index is 2.54. The van der Waals surface area contributed by atoms with E-state index in [1.807, 2.05) is 0 Å². The first kappa shape index (κ1) is 54.3. The van der Waals surface area contributed by atoms with Crippen molar-refractivity contribution in [3.05, 3.63) is 72.9 Å². The van der Waals surface area contributed by atoms with Crippen LogP contribution < -0.4 is 0 Å². The number of hydrogen-bond donors (Lipinski definition) is 6. The third-order valence-electron chi connectivity index (χ3n) is 9.53. The van der Waals surface area contributed by atoms with Gasteiger partial charge in [-0.2, -0.15) is 0 Å². The molecule has 1 saturated carbocycles. The summed E-state index contributed by atoms with van der Waals surface area (Å²) in [4.78, 5) is 35.6. The van der Waals surface area contributed by atoms with E-state index >= 15 is 0 Å². The van der Waals surface area contributed by atoms with Crippen molar-refractivity contribution >= 4 is 19.8 Å². The zero-order valence-electron chi connectivity index (χ0n) is 35.5. The van der Waals surface area contributed by atoms with Crippen LogP contribution in [0.25, 0.3) is 0 Å². The Bertz CT molecular complexity index is 1310. The van der Waals surface area contributed by atoms with Crippen LogP contribution in [0, 0.1) is 0 Å². The maximum Gasteiger partial charge on any atom is 0.472 e. The summed E-state index contributed by atoms with van der Waals surface area (Å²) in [6.07, 6.45) is 29.6. The third-order valence-corrected chi connectivity index (χ3v) is 10.5. The zero-order valence-corrected chi connectivity index (χ0v) is 36.4. The highest BCUT2D eigenvalue weighted by molar-refractivity contribution is 7.47. The van der Waals surface area contributed by atoms with Crippen LogP contribution in [0.1, 0.15) is 142 Å². The molecule has 0 aliphatic heterocycles. The highest BCUT2D eigenvalue weighted by Gasteiger charge is 2.51. The monoisotopic (exact) mass is 854 g/mol. The van der Waals surface area contributed by atoms with Crippen molar-refractivity contribution in [3.63, 3.8) is 0 Å². The molecule has 1 rings (SSSR count). The van der Waals surface area contributed by atoms with Crippen molar-refractivity contribution in [2.24, 2.45) is 0 Å². The molecule has 0 spiro atoms. The first-order valence-corrected chi connectivity index (χ1v) is 23.2. The van der Waals surface area contributed by atoms with Gasteiger partial charge in [0.1, 0.15) is 43.2 Å². The minimum absolute atomic E-state index is 0.0649. The minimum atomic E-state index is -5.13. The number of unbranched alkanes of at least 4 members (excludes halogenated alkanes) is 10. The van der Waals surface area contributed by atoms with E-state index in [4.69, 9.17) is 18.5 Å². The summed E-state index contributed by atoms with van der Waals surface area (Å²) in [6, 6.07) is 0. The molecule has 1 aliphatic rings. The molecular formula is C45H75O13P. The van der Waals surface area contributed by atoms with Crippen molar-refractivity contribution in [1.82, 2.24) is 0 Å². The SMILES string of the molecule is CC/C=C/C/C=C/C/C=C/CCCCCCCC(=O)O[C@H](COC(=O)CCCC/C=C/C/C=C/C/C=C/CCCCC)COP(=O)(O)OC1C(O)C(O)C(O)[C@@H](O)C1O. The van der Waals surface area contributed by atoms with Gasteiger partial charge in [-0.1, -0.05) is 119 Å². The Hall–Kier alpha value is -2.71. The smallest absolute Gasteiger partial charge is 0.462 e.